The van der Waals surface area contributed by atoms with Gasteiger partial charge in [-0.1, -0.05) is 18.2 Å². The van der Waals surface area contributed by atoms with E-state index < -0.39 is 0 Å². The highest BCUT2D eigenvalue weighted by Crippen LogP contribution is 2.26. The Morgan fingerprint density at radius 1 is 1.14 bits per heavy atom. The summed E-state index contributed by atoms with van der Waals surface area (Å²) in [7, 11) is 0. The monoisotopic (exact) mass is 303 g/mol. The van der Waals surface area contributed by atoms with E-state index in [1.165, 1.54) is 0 Å². The minimum absolute atomic E-state index is 0.511. The van der Waals surface area contributed by atoms with Crippen LogP contribution in [-0.4, -0.2) is 42.1 Å². The number of benzene rings is 1. The lowest BCUT2D eigenvalue weighted by Crippen LogP contribution is -2.49. The number of aromatic nitrogens is 1. The number of hydrogen-bond donors (Lipinski definition) is 0. The smallest absolute Gasteiger partial charge is 0.133 e. The van der Waals surface area contributed by atoms with Crippen LogP contribution in [0.3, 0.4) is 0 Å². The van der Waals surface area contributed by atoms with Gasteiger partial charge in [-0.15, -0.1) is 11.6 Å². The number of anilines is 1. The Balaban J connectivity index is 1.89. The number of hydrogen-bond acceptors (Lipinski definition) is 3. The van der Waals surface area contributed by atoms with Crippen LogP contribution in [0.25, 0.3) is 10.9 Å². The molecule has 1 fully saturated rings. The fourth-order valence-electron chi connectivity index (χ4n) is 2.97. The molecule has 1 aliphatic rings. The lowest BCUT2D eigenvalue weighted by atomic mass is 10.1. The van der Waals surface area contributed by atoms with Crippen LogP contribution in [0.5, 0.6) is 0 Å². The number of nitrogens with zero attached hydrogens (tertiary/aromatic N) is 3. The van der Waals surface area contributed by atoms with Crippen LogP contribution in [-0.2, 0) is 5.88 Å². The Bertz CT molecular complexity index is 618. The van der Waals surface area contributed by atoms with Gasteiger partial charge in [0, 0.05) is 43.2 Å². The molecule has 1 saturated heterocycles. The van der Waals surface area contributed by atoms with Gasteiger partial charge in [0.15, 0.2) is 0 Å². The maximum absolute atomic E-state index is 6.15. The summed E-state index contributed by atoms with van der Waals surface area (Å²) in [6, 6.07) is 11.0. The van der Waals surface area contributed by atoms with Crippen molar-refractivity contribution in [3.8, 4) is 0 Å². The van der Waals surface area contributed by atoms with Crippen molar-refractivity contribution in [1.82, 2.24) is 9.88 Å². The second-order valence-corrected chi connectivity index (χ2v) is 6.18. The van der Waals surface area contributed by atoms with Gasteiger partial charge in [0.05, 0.1) is 11.4 Å². The average molecular weight is 304 g/mol. The van der Waals surface area contributed by atoms with Crippen LogP contribution < -0.4 is 4.90 Å². The molecule has 0 aliphatic carbocycles. The lowest BCUT2D eigenvalue weighted by molar-refractivity contribution is 0.209. The van der Waals surface area contributed by atoms with Gasteiger partial charge in [0.2, 0.25) is 0 Å². The van der Waals surface area contributed by atoms with E-state index in [2.05, 4.69) is 41.8 Å². The molecule has 0 atom stereocenters. The van der Waals surface area contributed by atoms with Crippen LogP contribution >= 0.6 is 11.6 Å². The summed E-state index contributed by atoms with van der Waals surface area (Å²) in [5.74, 6) is 1.57. The third-order valence-corrected chi connectivity index (χ3v) is 4.56. The normalized spacial score (nSPS) is 16.9. The van der Waals surface area contributed by atoms with Gasteiger partial charge < -0.3 is 4.90 Å². The quantitative estimate of drug-likeness (QED) is 0.809. The van der Waals surface area contributed by atoms with E-state index in [9.17, 15) is 0 Å². The molecule has 3 rings (SSSR count). The fraction of sp³-hybridized carbons (Fsp3) is 0.471. The molecule has 4 heteroatoms. The Labute approximate surface area is 131 Å². The molecular formula is C17H22ClN3. The van der Waals surface area contributed by atoms with Crippen LogP contribution in [0.4, 0.5) is 5.82 Å². The van der Waals surface area contributed by atoms with Crippen molar-refractivity contribution in [2.45, 2.75) is 25.8 Å². The van der Waals surface area contributed by atoms with Crippen molar-refractivity contribution in [3.63, 3.8) is 0 Å². The zero-order chi connectivity index (χ0) is 14.8. The molecule has 0 saturated carbocycles. The summed E-state index contributed by atoms with van der Waals surface area (Å²) < 4.78 is 0. The molecule has 21 heavy (non-hydrogen) atoms. The van der Waals surface area contributed by atoms with E-state index in [-0.39, 0.29) is 0 Å². The van der Waals surface area contributed by atoms with E-state index >= 15 is 0 Å². The van der Waals surface area contributed by atoms with Crippen LogP contribution in [0.2, 0.25) is 0 Å². The molecule has 112 valence electrons. The van der Waals surface area contributed by atoms with Crippen molar-refractivity contribution >= 4 is 28.3 Å². The molecule has 0 bridgehead atoms. The van der Waals surface area contributed by atoms with E-state index in [1.807, 2.05) is 12.1 Å². The number of piperazine rings is 1. The Morgan fingerprint density at radius 3 is 2.52 bits per heavy atom. The number of fused-ring (bicyclic) bond motifs is 1. The van der Waals surface area contributed by atoms with Crippen molar-refractivity contribution in [1.29, 1.82) is 0 Å². The van der Waals surface area contributed by atoms with E-state index in [0.717, 1.165) is 48.5 Å². The molecule has 3 nitrogen and oxygen atoms in total. The summed E-state index contributed by atoms with van der Waals surface area (Å²) in [4.78, 5) is 9.75. The van der Waals surface area contributed by atoms with E-state index in [4.69, 9.17) is 16.6 Å². The summed E-state index contributed by atoms with van der Waals surface area (Å²) in [6.07, 6.45) is 0. The van der Waals surface area contributed by atoms with E-state index in [1.54, 1.807) is 0 Å². The second kappa shape index (κ2) is 6.20. The van der Waals surface area contributed by atoms with Crippen LogP contribution in [0, 0.1) is 0 Å². The molecule has 0 amide bonds. The third-order valence-electron chi connectivity index (χ3n) is 4.27. The Morgan fingerprint density at radius 2 is 1.86 bits per heavy atom. The predicted molar refractivity (Wildman–Crippen MR) is 90.2 cm³/mol. The van der Waals surface area contributed by atoms with Crippen molar-refractivity contribution < 1.29 is 0 Å². The van der Waals surface area contributed by atoms with Gasteiger partial charge in [-0.3, -0.25) is 4.90 Å². The fourth-order valence-corrected chi connectivity index (χ4v) is 3.17. The maximum Gasteiger partial charge on any atom is 0.133 e. The number of para-hydroxylation sites is 1. The summed E-state index contributed by atoms with van der Waals surface area (Å²) in [5, 5.41) is 1.16. The van der Waals surface area contributed by atoms with E-state index in [0.29, 0.717) is 11.9 Å². The first-order valence-electron chi connectivity index (χ1n) is 7.62. The van der Waals surface area contributed by atoms with Gasteiger partial charge in [-0.2, -0.15) is 0 Å². The summed E-state index contributed by atoms with van der Waals surface area (Å²) in [5.41, 5.74) is 2.18. The second-order valence-electron chi connectivity index (χ2n) is 5.91. The first kappa shape index (κ1) is 14.6. The number of alkyl halides is 1. The highest BCUT2D eigenvalue weighted by atomic mass is 35.5. The Kier molecular flexibility index (Phi) is 4.32. The first-order valence-corrected chi connectivity index (χ1v) is 8.16. The minimum Gasteiger partial charge on any atom is -0.354 e. The zero-order valence-electron chi connectivity index (χ0n) is 12.7. The SMILES string of the molecule is CC(C)N1CCN(c2nc3ccccc3cc2CCl)CC1. The zero-order valence-corrected chi connectivity index (χ0v) is 13.5. The highest BCUT2D eigenvalue weighted by molar-refractivity contribution is 6.17. The summed E-state index contributed by atoms with van der Waals surface area (Å²) in [6.45, 7) is 8.74. The molecule has 1 aromatic carbocycles. The molecule has 0 spiro atoms. The average Bonchev–Trinajstić information content (AvgIpc) is 2.53. The van der Waals surface area contributed by atoms with Crippen molar-refractivity contribution in [2.75, 3.05) is 31.1 Å². The number of rotatable bonds is 3. The predicted octanol–water partition coefficient (Wildman–Crippen LogP) is 3.50. The molecule has 2 heterocycles. The Hall–Kier alpha value is -1.32. The van der Waals surface area contributed by atoms with Crippen molar-refractivity contribution in [3.05, 3.63) is 35.9 Å². The van der Waals surface area contributed by atoms with Gasteiger partial charge >= 0.3 is 0 Å². The molecular weight excluding hydrogens is 282 g/mol. The molecule has 1 aromatic heterocycles. The minimum atomic E-state index is 0.511. The maximum atomic E-state index is 6.15. The molecule has 2 aromatic rings. The molecule has 0 unspecified atom stereocenters. The molecule has 1 aliphatic heterocycles. The number of pyridine rings is 1. The van der Waals surface area contributed by atoms with Gasteiger partial charge in [0.25, 0.3) is 0 Å². The largest absolute Gasteiger partial charge is 0.354 e. The van der Waals surface area contributed by atoms with Crippen LogP contribution in [0.1, 0.15) is 19.4 Å². The summed E-state index contributed by atoms with van der Waals surface area (Å²) >= 11 is 6.15. The van der Waals surface area contributed by atoms with Gasteiger partial charge in [-0.05, 0) is 26.0 Å². The topological polar surface area (TPSA) is 19.4 Å². The van der Waals surface area contributed by atoms with Gasteiger partial charge in [0.1, 0.15) is 5.82 Å². The van der Waals surface area contributed by atoms with Crippen LogP contribution in [0.15, 0.2) is 30.3 Å². The molecule has 0 radical (unpaired) electrons. The number of halogens is 1. The standard InChI is InChI=1S/C17H22ClN3/c1-13(2)20-7-9-21(10-8-20)17-15(12-18)11-14-5-3-4-6-16(14)19-17/h3-6,11,13H,7-10,12H2,1-2H3. The first-order chi connectivity index (χ1) is 10.2. The third kappa shape index (κ3) is 2.99. The van der Waals surface area contributed by atoms with Gasteiger partial charge in [-0.25, -0.2) is 4.98 Å². The highest BCUT2D eigenvalue weighted by Gasteiger charge is 2.21. The lowest BCUT2D eigenvalue weighted by Gasteiger charge is -2.38. The van der Waals surface area contributed by atoms with Crippen molar-refractivity contribution in [2.24, 2.45) is 0 Å². The molecule has 0 N–H and O–H groups in total.